The highest BCUT2D eigenvalue weighted by atomic mass is 35.5. The minimum Gasteiger partial charge on any atom is -0.455 e. The number of aryl methyl sites for hydroxylation is 2. The van der Waals surface area contributed by atoms with Crippen molar-refractivity contribution in [2.45, 2.75) is 26.9 Å². The van der Waals surface area contributed by atoms with Crippen LogP contribution in [0.3, 0.4) is 0 Å². The van der Waals surface area contributed by atoms with Crippen LogP contribution < -0.4 is 4.74 Å². The summed E-state index contributed by atoms with van der Waals surface area (Å²) < 4.78 is 5.85. The average molecular weight is 278 g/mol. The van der Waals surface area contributed by atoms with Gasteiger partial charge in [-0.05, 0) is 37.6 Å². The Morgan fingerprint density at radius 3 is 2.68 bits per heavy atom. The van der Waals surface area contributed by atoms with E-state index in [-0.39, 0.29) is 6.61 Å². The molecule has 0 bridgehead atoms. The summed E-state index contributed by atoms with van der Waals surface area (Å²) in [6, 6.07) is 9.11. The molecule has 0 aliphatic heterocycles. The number of rotatable bonds is 4. The van der Waals surface area contributed by atoms with Gasteiger partial charge in [0.05, 0.1) is 12.3 Å². The first-order chi connectivity index (χ1) is 9.15. The number of ether oxygens (including phenoxy) is 1. The van der Waals surface area contributed by atoms with Crippen molar-refractivity contribution in [1.29, 1.82) is 0 Å². The number of pyridine rings is 1. The summed E-state index contributed by atoms with van der Waals surface area (Å²) in [6.07, 6.45) is 0.784. The van der Waals surface area contributed by atoms with E-state index in [1.54, 1.807) is 18.2 Å². The number of nitrogens with zero attached hydrogens (tertiary/aromatic N) is 1. The molecular weight excluding hydrogens is 262 g/mol. The standard InChI is InChI=1S/C15H16ClNO2/c1-3-13-15(8-7-10(2)17-13)19-14-6-4-5-12(16)11(14)9-18/h4-8,18H,3,9H2,1-2H3. The summed E-state index contributed by atoms with van der Waals surface area (Å²) in [5.41, 5.74) is 2.44. The predicted octanol–water partition coefficient (Wildman–Crippen LogP) is 3.89. The van der Waals surface area contributed by atoms with Crippen LogP contribution in [0.15, 0.2) is 30.3 Å². The number of aliphatic hydroxyl groups is 1. The van der Waals surface area contributed by atoms with Gasteiger partial charge in [-0.15, -0.1) is 0 Å². The van der Waals surface area contributed by atoms with Crippen LogP contribution in [-0.4, -0.2) is 10.1 Å². The lowest BCUT2D eigenvalue weighted by Gasteiger charge is -2.13. The highest BCUT2D eigenvalue weighted by molar-refractivity contribution is 6.31. The second kappa shape index (κ2) is 6.04. The molecule has 2 aromatic rings. The van der Waals surface area contributed by atoms with Crippen LogP contribution in [0.2, 0.25) is 5.02 Å². The number of hydrogen-bond acceptors (Lipinski definition) is 3. The highest BCUT2D eigenvalue weighted by Gasteiger charge is 2.11. The second-order valence-corrected chi connectivity index (χ2v) is 4.63. The maximum absolute atomic E-state index is 9.37. The van der Waals surface area contributed by atoms with Gasteiger partial charge >= 0.3 is 0 Å². The van der Waals surface area contributed by atoms with Crippen molar-refractivity contribution in [3.05, 3.63) is 52.3 Å². The Kier molecular flexibility index (Phi) is 4.40. The molecule has 0 aliphatic carbocycles. The molecule has 4 heteroatoms. The van der Waals surface area contributed by atoms with Crippen molar-refractivity contribution in [2.24, 2.45) is 0 Å². The molecule has 0 radical (unpaired) electrons. The maximum Gasteiger partial charge on any atom is 0.148 e. The van der Waals surface area contributed by atoms with Gasteiger partial charge in [-0.3, -0.25) is 4.98 Å². The van der Waals surface area contributed by atoms with E-state index >= 15 is 0 Å². The Labute approximate surface area is 117 Å². The molecule has 1 aromatic heterocycles. The van der Waals surface area contributed by atoms with Crippen molar-refractivity contribution < 1.29 is 9.84 Å². The molecule has 0 saturated heterocycles. The van der Waals surface area contributed by atoms with Crippen LogP contribution in [0, 0.1) is 6.92 Å². The molecule has 0 saturated carbocycles. The fourth-order valence-electron chi connectivity index (χ4n) is 1.85. The van der Waals surface area contributed by atoms with Crippen molar-refractivity contribution in [2.75, 3.05) is 0 Å². The Hall–Kier alpha value is -1.58. The number of aromatic nitrogens is 1. The van der Waals surface area contributed by atoms with E-state index in [2.05, 4.69) is 4.98 Å². The maximum atomic E-state index is 9.37. The summed E-state index contributed by atoms with van der Waals surface area (Å²) in [5, 5.41) is 9.87. The van der Waals surface area contributed by atoms with Crippen LogP contribution in [0.1, 0.15) is 23.9 Å². The Balaban J connectivity index is 2.39. The van der Waals surface area contributed by atoms with E-state index in [9.17, 15) is 5.11 Å². The van der Waals surface area contributed by atoms with Gasteiger partial charge in [-0.1, -0.05) is 24.6 Å². The van der Waals surface area contributed by atoms with E-state index in [4.69, 9.17) is 16.3 Å². The van der Waals surface area contributed by atoms with Gasteiger partial charge in [0.25, 0.3) is 0 Å². The third-order valence-corrected chi connectivity index (χ3v) is 3.21. The minimum absolute atomic E-state index is 0.157. The zero-order chi connectivity index (χ0) is 13.8. The Bertz CT molecular complexity index is 584. The molecule has 0 atom stereocenters. The Morgan fingerprint density at radius 1 is 1.21 bits per heavy atom. The van der Waals surface area contributed by atoms with E-state index in [1.807, 2.05) is 26.0 Å². The summed E-state index contributed by atoms with van der Waals surface area (Å²) in [7, 11) is 0. The van der Waals surface area contributed by atoms with Gasteiger partial charge in [0.15, 0.2) is 0 Å². The highest BCUT2D eigenvalue weighted by Crippen LogP contribution is 2.31. The molecule has 1 heterocycles. The van der Waals surface area contributed by atoms with Crippen LogP contribution in [0.4, 0.5) is 0 Å². The smallest absolute Gasteiger partial charge is 0.148 e. The van der Waals surface area contributed by atoms with Crippen molar-refractivity contribution >= 4 is 11.6 Å². The second-order valence-electron chi connectivity index (χ2n) is 4.23. The predicted molar refractivity (Wildman–Crippen MR) is 75.8 cm³/mol. The monoisotopic (exact) mass is 277 g/mol. The average Bonchev–Trinajstić information content (AvgIpc) is 2.41. The van der Waals surface area contributed by atoms with Crippen LogP contribution in [0.25, 0.3) is 0 Å². The number of benzene rings is 1. The normalized spacial score (nSPS) is 10.5. The molecule has 2 rings (SSSR count). The van der Waals surface area contributed by atoms with Crippen molar-refractivity contribution in [3.63, 3.8) is 0 Å². The van der Waals surface area contributed by atoms with E-state index in [0.29, 0.717) is 22.1 Å². The summed E-state index contributed by atoms with van der Waals surface area (Å²) in [6.45, 7) is 3.82. The quantitative estimate of drug-likeness (QED) is 0.922. The lowest BCUT2D eigenvalue weighted by molar-refractivity contribution is 0.276. The van der Waals surface area contributed by atoms with E-state index in [1.165, 1.54) is 0 Å². The molecule has 0 spiro atoms. The fourth-order valence-corrected chi connectivity index (χ4v) is 2.08. The van der Waals surface area contributed by atoms with Crippen molar-refractivity contribution in [3.8, 4) is 11.5 Å². The first-order valence-electron chi connectivity index (χ1n) is 6.18. The van der Waals surface area contributed by atoms with Gasteiger partial charge in [0.1, 0.15) is 11.5 Å². The SMILES string of the molecule is CCc1nc(C)ccc1Oc1cccc(Cl)c1CO. The Morgan fingerprint density at radius 2 is 2.00 bits per heavy atom. The lowest BCUT2D eigenvalue weighted by atomic mass is 10.2. The summed E-state index contributed by atoms with van der Waals surface area (Å²) >= 11 is 6.04. The largest absolute Gasteiger partial charge is 0.455 e. The first-order valence-corrected chi connectivity index (χ1v) is 6.56. The zero-order valence-corrected chi connectivity index (χ0v) is 11.7. The first kappa shape index (κ1) is 13.8. The summed E-state index contributed by atoms with van der Waals surface area (Å²) in [4.78, 5) is 4.45. The molecule has 1 N–H and O–H groups in total. The number of aliphatic hydroxyl groups excluding tert-OH is 1. The van der Waals surface area contributed by atoms with Crippen LogP contribution >= 0.6 is 11.6 Å². The van der Waals surface area contributed by atoms with E-state index < -0.39 is 0 Å². The molecule has 0 fully saturated rings. The van der Waals surface area contributed by atoms with E-state index in [0.717, 1.165) is 17.8 Å². The molecule has 19 heavy (non-hydrogen) atoms. The lowest BCUT2D eigenvalue weighted by Crippen LogP contribution is -1.98. The number of halogens is 1. The van der Waals surface area contributed by atoms with Gasteiger partial charge in [0, 0.05) is 16.3 Å². The van der Waals surface area contributed by atoms with Crippen molar-refractivity contribution in [1.82, 2.24) is 4.98 Å². The third-order valence-electron chi connectivity index (χ3n) is 2.86. The van der Waals surface area contributed by atoms with Crippen LogP contribution in [-0.2, 0) is 13.0 Å². The minimum atomic E-state index is -0.157. The molecule has 1 aromatic carbocycles. The number of hydrogen-bond donors (Lipinski definition) is 1. The molecular formula is C15H16ClNO2. The molecule has 100 valence electrons. The zero-order valence-electron chi connectivity index (χ0n) is 11.0. The molecule has 3 nitrogen and oxygen atoms in total. The van der Waals surface area contributed by atoms with Gasteiger partial charge in [0.2, 0.25) is 0 Å². The van der Waals surface area contributed by atoms with Gasteiger partial charge in [-0.2, -0.15) is 0 Å². The third kappa shape index (κ3) is 3.06. The molecule has 0 aliphatic rings. The topological polar surface area (TPSA) is 42.4 Å². The van der Waals surface area contributed by atoms with Gasteiger partial charge in [-0.25, -0.2) is 0 Å². The molecule has 0 unspecified atom stereocenters. The summed E-state index contributed by atoms with van der Waals surface area (Å²) in [5.74, 6) is 1.26. The fraction of sp³-hybridized carbons (Fsp3) is 0.267. The van der Waals surface area contributed by atoms with Crippen LogP contribution in [0.5, 0.6) is 11.5 Å². The molecule has 0 amide bonds. The van der Waals surface area contributed by atoms with Gasteiger partial charge < -0.3 is 9.84 Å².